The van der Waals surface area contributed by atoms with Gasteiger partial charge in [-0.3, -0.25) is 9.59 Å². The summed E-state index contributed by atoms with van der Waals surface area (Å²) in [6.07, 6.45) is 6.46. The standard InChI is InChI=1S/C19H28N2O3/c1-3-4-13-24-16-11-9-15(10-12-16)20-18(22)19(23)21-17-8-6-5-7-14(17)2/h9-12,14,17H,3-8,13H2,1-2H3,(H,20,22)(H,21,23)/t14-,17-/m1/s1. The van der Waals surface area contributed by atoms with E-state index in [4.69, 9.17) is 4.74 Å². The zero-order valence-electron chi connectivity index (χ0n) is 14.6. The van der Waals surface area contributed by atoms with Crippen LogP contribution in [-0.2, 0) is 9.59 Å². The molecule has 2 atom stereocenters. The van der Waals surface area contributed by atoms with Crippen molar-refractivity contribution < 1.29 is 14.3 Å². The van der Waals surface area contributed by atoms with E-state index in [0.717, 1.165) is 37.9 Å². The van der Waals surface area contributed by atoms with E-state index in [1.165, 1.54) is 6.42 Å². The smallest absolute Gasteiger partial charge is 0.313 e. The number of unbranched alkanes of at least 4 members (excludes halogenated alkanes) is 1. The molecule has 1 aromatic carbocycles. The third-order valence-electron chi connectivity index (χ3n) is 4.51. The minimum atomic E-state index is -0.618. The quantitative estimate of drug-likeness (QED) is 0.619. The van der Waals surface area contributed by atoms with Crippen molar-refractivity contribution >= 4 is 17.5 Å². The molecule has 0 bridgehead atoms. The Hall–Kier alpha value is -2.04. The van der Waals surface area contributed by atoms with E-state index in [1.807, 2.05) is 0 Å². The highest BCUT2D eigenvalue weighted by molar-refractivity contribution is 6.39. The van der Waals surface area contributed by atoms with Crippen LogP contribution >= 0.6 is 0 Å². The van der Waals surface area contributed by atoms with Crippen molar-refractivity contribution in [3.63, 3.8) is 0 Å². The Labute approximate surface area is 144 Å². The monoisotopic (exact) mass is 332 g/mol. The number of hydrogen-bond acceptors (Lipinski definition) is 3. The van der Waals surface area contributed by atoms with Crippen LogP contribution in [-0.4, -0.2) is 24.5 Å². The average Bonchev–Trinajstić information content (AvgIpc) is 2.58. The highest BCUT2D eigenvalue weighted by Gasteiger charge is 2.25. The largest absolute Gasteiger partial charge is 0.494 e. The molecule has 0 radical (unpaired) electrons. The summed E-state index contributed by atoms with van der Waals surface area (Å²) in [7, 11) is 0. The third-order valence-corrected chi connectivity index (χ3v) is 4.51. The van der Waals surface area contributed by atoms with Crippen LogP contribution in [0.1, 0.15) is 52.4 Å². The van der Waals surface area contributed by atoms with Gasteiger partial charge in [0.25, 0.3) is 0 Å². The Morgan fingerprint density at radius 2 is 1.83 bits per heavy atom. The molecule has 1 aromatic rings. The summed E-state index contributed by atoms with van der Waals surface area (Å²) in [5, 5.41) is 5.49. The van der Waals surface area contributed by atoms with E-state index in [-0.39, 0.29) is 6.04 Å². The van der Waals surface area contributed by atoms with Crippen molar-refractivity contribution in [2.45, 2.75) is 58.4 Å². The Morgan fingerprint density at radius 3 is 2.50 bits per heavy atom. The van der Waals surface area contributed by atoms with E-state index < -0.39 is 11.8 Å². The molecule has 24 heavy (non-hydrogen) atoms. The fraction of sp³-hybridized carbons (Fsp3) is 0.579. The Balaban J connectivity index is 1.81. The van der Waals surface area contributed by atoms with Gasteiger partial charge in [-0.1, -0.05) is 33.1 Å². The zero-order valence-corrected chi connectivity index (χ0v) is 14.6. The number of benzene rings is 1. The van der Waals surface area contributed by atoms with Gasteiger partial charge in [-0.05, 0) is 49.4 Å². The number of carbonyl (C=O) groups is 2. The van der Waals surface area contributed by atoms with Gasteiger partial charge < -0.3 is 15.4 Å². The van der Waals surface area contributed by atoms with Gasteiger partial charge in [-0.25, -0.2) is 0 Å². The van der Waals surface area contributed by atoms with E-state index in [1.54, 1.807) is 24.3 Å². The summed E-state index contributed by atoms with van der Waals surface area (Å²) in [6, 6.07) is 7.19. The van der Waals surface area contributed by atoms with Crippen molar-refractivity contribution in [1.29, 1.82) is 0 Å². The minimum Gasteiger partial charge on any atom is -0.494 e. The lowest BCUT2D eigenvalue weighted by Crippen LogP contribution is -2.45. The summed E-state index contributed by atoms with van der Waals surface area (Å²) in [6.45, 7) is 4.92. The first-order chi connectivity index (χ1) is 11.6. The second kappa shape index (κ2) is 9.30. The molecular formula is C19H28N2O3. The molecule has 1 saturated carbocycles. The number of ether oxygens (including phenoxy) is 1. The molecule has 0 spiro atoms. The maximum absolute atomic E-state index is 12.1. The molecule has 2 amide bonds. The van der Waals surface area contributed by atoms with Gasteiger partial charge in [-0.15, -0.1) is 0 Å². The van der Waals surface area contributed by atoms with Gasteiger partial charge in [0.15, 0.2) is 0 Å². The first-order valence-electron chi connectivity index (χ1n) is 8.95. The van der Waals surface area contributed by atoms with Crippen LogP contribution in [0.3, 0.4) is 0 Å². The second-order valence-corrected chi connectivity index (χ2v) is 6.52. The summed E-state index contributed by atoms with van der Waals surface area (Å²) < 4.78 is 5.57. The Bertz CT molecular complexity index is 542. The van der Waals surface area contributed by atoms with E-state index in [0.29, 0.717) is 18.2 Å². The molecule has 1 aliphatic carbocycles. The van der Waals surface area contributed by atoms with Crippen molar-refractivity contribution in [3.05, 3.63) is 24.3 Å². The van der Waals surface area contributed by atoms with Crippen LogP contribution in [0.25, 0.3) is 0 Å². The van der Waals surface area contributed by atoms with E-state index in [2.05, 4.69) is 24.5 Å². The molecule has 0 unspecified atom stereocenters. The van der Waals surface area contributed by atoms with Crippen LogP contribution in [0, 0.1) is 5.92 Å². The van der Waals surface area contributed by atoms with E-state index in [9.17, 15) is 9.59 Å². The molecule has 1 aliphatic rings. The fourth-order valence-electron chi connectivity index (χ4n) is 2.92. The van der Waals surface area contributed by atoms with Crippen LogP contribution in [0.5, 0.6) is 5.75 Å². The maximum atomic E-state index is 12.1. The molecule has 2 N–H and O–H groups in total. The minimum absolute atomic E-state index is 0.103. The van der Waals surface area contributed by atoms with Gasteiger partial charge in [0.1, 0.15) is 5.75 Å². The van der Waals surface area contributed by atoms with Crippen molar-refractivity contribution in [1.82, 2.24) is 5.32 Å². The van der Waals surface area contributed by atoms with Crippen LogP contribution in [0.15, 0.2) is 24.3 Å². The predicted octanol–water partition coefficient (Wildman–Crippen LogP) is 3.50. The number of anilines is 1. The van der Waals surface area contributed by atoms with Crippen LogP contribution in [0.2, 0.25) is 0 Å². The lowest BCUT2D eigenvalue weighted by Gasteiger charge is -2.29. The number of hydrogen-bond donors (Lipinski definition) is 2. The molecule has 0 saturated heterocycles. The molecule has 132 valence electrons. The first kappa shape index (κ1) is 18.3. The topological polar surface area (TPSA) is 67.4 Å². The van der Waals surface area contributed by atoms with Crippen molar-refractivity contribution in [2.75, 3.05) is 11.9 Å². The zero-order chi connectivity index (χ0) is 17.4. The highest BCUT2D eigenvalue weighted by atomic mass is 16.5. The SMILES string of the molecule is CCCCOc1ccc(NC(=O)C(=O)N[C@@H]2CCCC[C@H]2C)cc1. The molecular weight excluding hydrogens is 304 g/mol. The molecule has 0 aliphatic heterocycles. The average molecular weight is 332 g/mol. The molecule has 5 nitrogen and oxygen atoms in total. The number of rotatable bonds is 6. The lowest BCUT2D eigenvalue weighted by atomic mass is 9.86. The van der Waals surface area contributed by atoms with Crippen LogP contribution in [0.4, 0.5) is 5.69 Å². The maximum Gasteiger partial charge on any atom is 0.313 e. The van der Waals surface area contributed by atoms with Gasteiger partial charge in [-0.2, -0.15) is 0 Å². The van der Waals surface area contributed by atoms with Gasteiger partial charge in [0.05, 0.1) is 6.61 Å². The first-order valence-corrected chi connectivity index (χ1v) is 8.95. The number of amides is 2. The van der Waals surface area contributed by atoms with Crippen molar-refractivity contribution in [3.8, 4) is 5.75 Å². The van der Waals surface area contributed by atoms with Gasteiger partial charge in [0.2, 0.25) is 0 Å². The van der Waals surface area contributed by atoms with E-state index >= 15 is 0 Å². The lowest BCUT2D eigenvalue weighted by molar-refractivity contribution is -0.137. The van der Waals surface area contributed by atoms with Crippen molar-refractivity contribution in [2.24, 2.45) is 5.92 Å². The predicted molar refractivity (Wildman–Crippen MR) is 95.0 cm³/mol. The molecule has 0 aromatic heterocycles. The third kappa shape index (κ3) is 5.55. The summed E-state index contributed by atoms with van der Waals surface area (Å²) >= 11 is 0. The Morgan fingerprint density at radius 1 is 1.12 bits per heavy atom. The second-order valence-electron chi connectivity index (χ2n) is 6.52. The fourth-order valence-corrected chi connectivity index (χ4v) is 2.92. The molecule has 5 heteroatoms. The van der Waals surface area contributed by atoms with Gasteiger partial charge >= 0.3 is 11.8 Å². The molecule has 0 heterocycles. The highest BCUT2D eigenvalue weighted by Crippen LogP contribution is 2.23. The van der Waals surface area contributed by atoms with Crippen LogP contribution < -0.4 is 15.4 Å². The molecule has 1 fully saturated rings. The molecule has 2 rings (SSSR count). The summed E-state index contributed by atoms with van der Waals surface area (Å²) in [4.78, 5) is 24.1. The summed E-state index contributed by atoms with van der Waals surface area (Å²) in [5.74, 6) is 0.0152. The number of nitrogens with one attached hydrogen (secondary N) is 2. The Kier molecular flexibility index (Phi) is 7.09. The summed E-state index contributed by atoms with van der Waals surface area (Å²) in [5.41, 5.74) is 0.592. The number of carbonyl (C=O) groups excluding carboxylic acids is 2. The van der Waals surface area contributed by atoms with Gasteiger partial charge in [0, 0.05) is 11.7 Å². The normalized spacial score (nSPS) is 20.2.